The number of hydrogen-bond acceptors (Lipinski definition) is 5. The quantitative estimate of drug-likeness (QED) is 0.847. The Hall–Kier alpha value is -1.95. The summed E-state index contributed by atoms with van der Waals surface area (Å²) in [6.07, 6.45) is 10.2. The molecule has 0 aromatic carbocycles. The van der Waals surface area contributed by atoms with E-state index in [1.165, 1.54) is 18.7 Å². The van der Waals surface area contributed by atoms with Crippen LogP contribution in [0.2, 0.25) is 0 Å². The predicted octanol–water partition coefficient (Wildman–Crippen LogP) is 2.63. The summed E-state index contributed by atoms with van der Waals surface area (Å²) < 4.78 is 7.77. The third-order valence-electron chi connectivity index (χ3n) is 5.26. The van der Waals surface area contributed by atoms with Gasteiger partial charge in [-0.25, -0.2) is 15.0 Å². The molecule has 0 amide bonds. The fourth-order valence-corrected chi connectivity index (χ4v) is 3.47. The molecule has 3 heterocycles. The summed E-state index contributed by atoms with van der Waals surface area (Å²) in [5.74, 6) is 2.52. The van der Waals surface area contributed by atoms with Crippen molar-refractivity contribution >= 4 is 5.82 Å². The molecule has 0 unspecified atom stereocenters. The van der Waals surface area contributed by atoms with Crippen LogP contribution in [0.1, 0.15) is 43.6 Å². The van der Waals surface area contributed by atoms with Crippen molar-refractivity contribution in [3.8, 4) is 0 Å². The summed E-state index contributed by atoms with van der Waals surface area (Å²) in [7, 11) is 0. The van der Waals surface area contributed by atoms with E-state index in [9.17, 15) is 0 Å². The van der Waals surface area contributed by atoms with E-state index in [2.05, 4.69) is 44.0 Å². The highest BCUT2D eigenvalue weighted by Gasteiger charge is 2.43. The summed E-state index contributed by atoms with van der Waals surface area (Å²) >= 11 is 0. The Balaban J connectivity index is 1.38. The van der Waals surface area contributed by atoms with E-state index in [0.717, 1.165) is 50.7 Å². The van der Waals surface area contributed by atoms with Crippen LogP contribution in [0.5, 0.6) is 0 Å². The number of rotatable bonds is 7. The first-order chi connectivity index (χ1) is 11.8. The van der Waals surface area contributed by atoms with Crippen LogP contribution in [0, 0.1) is 5.41 Å². The van der Waals surface area contributed by atoms with Crippen molar-refractivity contribution in [1.82, 2.24) is 19.5 Å². The molecule has 2 fully saturated rings. The highest BCUT2D eigenvalue weighted by atomic mass is 16.5. The highest BCUT2D eigenvalue weighted by molar-refractivity contribution is 5.36. The average molecular weight is 327 g/mol. The Morgan fingerprint density at radius 2 is 2.25 bits per heavy atom. The smallest absolute Gasteiger partial charge is 0.129 e. The standard InChI is InChI=1S/C18H25N5O/c1-2-17-19-6-7-23(17)12-18(4-5-18)11-20-16-9-15(21-13-22-16)14-3-8-24-10-14/h6-7,9,13-14H,2-5,8,10-12H2,1H3,(H,20,21,22)/t14-/m0/s1. The van der Waals surface area contributed by atoms with Crippen LogP contribution in [0.4, 0.5) is 5.82 Å². The van der Waals surface area contributed by atoms with Gasteiger partial charge in [0.2, 0.25) is 0 Å². The van der Waals surface area contributed by atoms with Crippen LogP contribution in [-0.4, -0.2) is 39.3 Å². The Morgan fingerprint density at radius 3 is 3.00 bits per heavy atom. The van der Waals surface area contributed by atoms with E-state index in [4.69, 9.17) is 4.74 Å². The molecule has 2 aromatic rings. The predicted molar refractivity (Wildman–Crippen MR) is 92.0 cm³/mol. The second kappa shape index (κ2) is 6.51. The van der Waals surface area contributed by atoms with Crippen LogP contribution < -0.4 is 5.32 Å². The van der Waals surface area contributed by atoms with Crippen LogP contribution in [0.3, 0.4) is 0 Å². The molecule has 0 spiro atoms. The van der Waals surface area contributed by atoms with Gasteiger partial charge in [-0.15, -0.1) is 0 Å². The molecule has 0 radical (unpaired) electrons. The maximum absolute atomic E-state index is 5.47. The van der Waals surface area contributed by atoms with E-state index in [0.29, 0.717) is 11.3 Å². The van der Waals surface area contributed by atoms with Crippen molar-refractivity contribution in [2.45, 2.75) is 45.1 Å². The normalized spacial score (nSPS) is 21.8. The number of imidazole rings is 1. The Labute approximate surface area is 142 Å². The summed E-state index contributed by atoms with van der Waals surface area (Å²) in [4.78, 5) is 13.2. The lowest BCUT2D eigenvalue weighted by molar-refractivity contribution is 0.193. The van der Waals surface area contributed by atoms with Crippen molar-refractivity contribution < 1.29 is 4.74 Å². The molecule has 6 heteroatoms. The van der Waals surface area contributed by atoms with Gasteiger partial charge in [-0.05, 0) is 19.3 Å². The molecular formula is C18H25N5O. The van der Waals surface area contributed by atoms with Gasteiger partial charge in [0.15, 0.2) is 0 Å². The molecule has 4 rings (SSSR count). The minimum atomic E-state index is 0.339. The van der Waals surface area contributed by atoms with Gasteiger partial charge in [0.1, 0.15) is 18.0 Å². The first-order valence-electron chi connectivity index (χ1n) is 8.92. The summed E-state index contributed by atoms with van der Waals surface area (Å²) in [5, 5.41) is 3.54. The molecule has 1 N–H and O–H groups in total. The van der Waals surface area contributed by atoms with Gasteiger partial charge < -0.3 is 14.6 Å². The van der Waals surface area contributed by atoms with Crippen molar-refractivity contribution in [2.75, 3.05) is 25.1 Å². The zero-order chi connectivity index (χ0) is 16.4. The molecule has 1 saturated carbocycles. The lowest BCUT2D eigenvalue weighted by atomic mass is 10.0. The van der Waals surface area contributed by atoms with Crippen molar-refractivity contribution in [3.63, 3.8) is 0 Å². The molecule has 1 atom stereocenters. The van der Waals surface area contributed by atoms with Crippen LogP contribution in [0.15, 0.2) is 24.8 Å². The molecule has 1 aliphatic carbocycles. The number of hydrogen-bond donors (Lipinski definition) is 1. The van der Waals surface area contributed by atoms with Gasteiger partial charge in [-0.1, -0.05) is 6.92 Å². The summed E-state index contributed by atoms with van der Waals surface area (Å²) in [6.45, 7) is 5.77. The van der Waals surface area contributed by atoms with Crippen LogP contribution in [-0.2, 0) is 17.7 Å². The largest absolute Gasteiger partial charge is 0.381 e. The van der Waals surface area contributed by atoms with Gasteiger partial charge >= 0.3 is 0 Å². The minimum absolute atomic E-state index is 0.339. The summed E-state index contributed by atoms with van der Waals surface area (Å²) in [5.41, 5.74) is 1.43. The fraction of sp³-hybridized carbons (Fsp3) is 0.611. The molecule has 24 heavy (non-hydrogen) atoms. The number of aromatic nitrogens is 4. The third-order valence-corrected chi connectivity index (χ3v) is 5.26. The number of ether oxygens (including phenoxy) is 1. The molecule has 6 nitrogen and oxygen atoms in total. The molecule has 2 aliphatic rings. The molecule has 2 aromatic heterocycles. The zero-order valence-corrected chi connectivity index (χ0v) is 14.2. The second-order valence-corrected chi connectivity index (χ2v) is 7.07. The first kappa shape index (κ1) is 15.6. The van der Waals surface area contributed by atoms with E-state index in [1.807, 2.05) is 6.20 Å². The first-order valence-corrected chi connectivity index (χ1v) is 8.92. The van der Waals surface area contributed by atoms with E-state index >= 15 is 0 Å². The Morgan fingerprint density at radius 1 is 1.33 bits per heavy atom. The van der Waals surface area contributed by atoms with E-state index in [-0.39, 0.29) is 0 Å². The Kier molecular flexibility index (Phi) is 4.22. The second-order valence-electron chi connectivity index (χ2n) is 7.07. The van der Waals surface area contributed by atoms with Gasteiger partial charge in [0.05, 0.1) is 12.3 Å². The van der Waals surface area contributed by atoms with Gasteiger partial charge in [0.25, 0.3) is 0 Å². The van der Waals surface area contributed by atoms with Crippen LogP contribution >= 0.6 is 0 Å². The maximum atomic E-state index is 5.47. The summed E-state index contributed by atoms with van der Waals surface area (Å²) in [6, 6.07) is 2.09. The van der Waals surface area contributed by atoms with E-state index in [1.54, 1.807) is 6.33 Å². The van der Waals surface area contributed by atoms with Gasteiger partial charge in [-0.3, -0.25) is 0 Å². The fourth-order valence-electron chi connectivity index (χ4n) is 3.47. The average Bonchev–Trinajstić information content (AvgIpc) is 3.03. The monoisotopic (exact) mass is 327 g/mol. The maximum Gasteiger partial charge on any atom is 0.129 e. The van der Waals surface area contributed by atoms with Crippen molar-refractivity contribution in [3.05, 3.63) is 36.3 Å². The highest BCUT2D eigenvalue weighted by Crippen LogP contribution is 2.47. The number of aryl methyl sites for hydroxylation is 1. The number of nitrogens with zero attached hydrogens (tertiary/aromatic N) is 4. The molecule has 1 aliphatic heterocycles. The number of nitrogens with one attached hydrogen (secondary N) is 1. The lowest BCUT2D eigenvalue weighted by Crippen LogP contribution is -2.22. The minimum Gasteiger partial charge on any atom is -0.381 e. The van der Waals surface area contributed by atoms with E-state index < -0.39 is 0 Å². The zero-order valence-electron chi connectivity index (χ0n) is 14.2. The van der Waals surface area contributed by atoms with Crippen molar-refractivity contribution in [2.24, 2.45) is 5.41 Å². The van der Waals surface area contributed by atoms with Gasteiger partial charge in [0, 0.05) is 55.9 Å². The Bertz CT molecular complexity index is 688. The SMILES string of the molecule is CCc1nccn1CC1(CNc2cc([C@H]3CCOC3)ncn2)CC1. The third kappa shape index (κ3) is 3.29. The lowest BCUT2D eigenvalue weighted by Gasteiger charge is -2.19. The molecule has 128 valence electrons. The molecular weight excluding hydrogens is 302 g/mol. The topological polar surface area (TPSA) is 64.9 Å². The van der Waals surface area contributed by atoms with Crippen molar-refractivity contribution in [1.29, 1.82) is 0 Å². The molecule has 1 saturated heterocycles. The van der Waals surface area contributed by atoms with Crippen LogP contribution in [0.25, 0.3) is 0 Å². The molecule has 0 bridgehead atoms. The van der Waals surface area contributed by atoms with Gasteiger partial charge in [-0.2, -0.15) is 0 Å². The number of anilines is 1.